The third-order valence-electron chi connectivity index (χ3n) is 4.09. The molecule has 3 nitrogen and oxygen atoms in total. The molecule has 2 heterocycles. The molecular formula is C17H19NO2. The van der Waals surface area contributed by atoms with Crippen LogP contribution in [0.1, 0.15) is 30.6 Å². The normalized spacial score (nSPS) is 17.6. The second-order valence-corrected chi connectivity index (χ2v) is 5.69. The van der Waals surface area contributed by atoms with E-state index in [1.165, 1.54) is 29.5 Å². The minimum absolute atomic E-state index is 0.699. The van der Waals surface area contributed by atoms with Gasteiger partial charge in [0.05, 0.1) is 19.4 Å². The van der Waals surface area contributed by atoms with Crippen molar-refractivity contribution in [3.05, 3.63) is 41.9 Å². The van der Waals surface area contributed by atoms with Gasteiger partial charge < -0.3 is 14.5 Å². The smallest absolute Gasteiger partial charge is 0.125 e. The second-order valence-electron chi connectivity index (χ2n) is 5.69. The van der Waals surface area contributed by atoms with Gasteiger partial charge in [-0.25, -0.2) is 0 Å². The number of aryl methyl sites for hydroxylation is 1. The van der Waals surface area contributed by atoms with E-state index in [0.717, 1.165) is 37.5 Å². The predicted molar refractivity (Wildman–Crippen MR) is 77.8 cm³/mol. The van der Waals surface area contributed by atoms with Crippen LogP contribution >= 0.6 is 0 Å². The molecule has 104 valence electrons. The zero-order valence-electron chi connectivity index (χ0n) is 11.5. The third-order valence-corrected chi connectivity index (χ3v) is 4.09. The summed E-state index contributed by atoms with van der Waals surface area (Å²) < 4.78 is 11.3. The molecule has 0 saturated heterocycles. The Balaban J connectivity index is 1.61. The van der Waals surface area contributed by atoms with Crippen LogP contribution in [0.15, 0.2) is 34.9 Å². The van der Waals surface area contributed by atoms with Crippen molar-refractivity contribution in [3.8, 4) is 16.9 Å². The number of fused-ring (bicyclic) bond motifs is 1. The van der Waals surface area contributed by atoms with Gasteiger partial charge in [-0.1, -0.05) is 6.07 Å². The Morgan fingerprint density at radius 3 is 3.05 bits per heavy atom. The van der Waals surface area contributed by atoms with Gasteiger partial charge in [-0.05, 0) is 55.0 Å². The summed E-state index contributed by atoms with van der Waals surface area (Å²) in [6, 6.07) is 9.24. The Bertz CT molecular complexity index is 613. The molecule has 1 N–H and O–H groups in total. The summed E-state index contributed by atoms with van der Waals surface area (Å²) in [4.78, 5) is 0. The molecule has 20 heavy (non-hydrogen) atoms. The van der Waals surface area contributed by atoms with Gasteiger partial charge in [0.2, 0.25) is 0 Å². The summed E-state index contributed by atoms with van der Waals surface area (Å²) in [7, 11) is 0. The molecule has 0 amide bonds. The van der Waals surface area contributed by atoms with Crippen LogP contribution in [0, 0.1) is 0 Å². The Kier molecular flexibility index (Phi) is 3.00. The lowest BCUT2D eigenvalue weighted by molar-refractivity contribution is 0.288. The predicted octanol–water partition coefficient (Wildman–Crippen LogP) is 3.52. The van der Waals surface area contributed by atoms with Gasteiger partial charge in [0.25, 0.3) is 0 Å². The second kappa shape index (κ2) is 4.98. The van der Waals surface area contributed by atoms with Crippen molar-refractivity contribution in [2.75, 3.05) is 6.61 Å². The van der Waals surface area contributed by atoms with Gasteiger partial charge in [0.15, 0.2) is 0 Å². The van der Waals surface area contributed by atoms with Crippen molar-refractivity contribution in [3.63, 3.8) is 0 Å². The highest BCUT2D eigenvalue weighted by atomic mass is 16.5. The van der Waals surface area contributed by atoms with Crippen LogP contribution in [0.25, 0.3) is 11.1 Å². The summed E-state index contributed by atoms with van der Waals surface area (Å²) in [6.07, 6.45) is 6.60. The largest absolute Gasteiger partial charge is 0.493 e. The maximum absolute atomic E-state index is 5.68. The number of hydrogen-bond acceptors (Lipinski definition) is 3. The first-order chi connectivity index (χ1) is 9.90. The van der Waals surface area contributed by atoms with E-state index in [1.807, 2.05) is 0 Å². The number of furan rings is 1. The lowest BCUT2D eigenvalue weighted by Gasteiger charge is -2.17. The number of nitrogens with one attached hydrogen (secondary N) is 1. The first kappa shape index (κ1) is 12.0. The molecule has 2 aliphatic rings. The van der Waals surface area contributed by atoms with E-state index in [9.17, 15) is 0 Å². The molecule has 1 aliphatic carbocycles. The van der Waals surface area contributed by atoms with Gasteiger partial charge >= 0.3 is 0 Å². The van der Waals surface area contributed by atoms with E-state index >= 15 is 0 Å². The van der Waals surface area contributed by atoms with Gasteiger partial charge in [-0.2, -0.15) is 0 Å². The minimum atomic E-state index is 0.699. The monoisotopic (exact) mass is 269 g/mol. The lowest BCUT2D eigenvalue weighted by atomic mass is 9.99. The van der Waals surface area contributed by atoms with E-state index in [4.69, 9.17) is 9.15 Å². The first-order valence-corrected chi connectivity index (χ1v) is 7.46. The molecule has 1 saturated carbocycles. The number of benzene rings is 1. The van der Waals surface area contributed by atoms with E-state index in [0.29, 0.717) is 6.04 Å². The van der Waals surface area contributed by atoms with Gasteiger partial charge in [0.1, 0.15) is 11.5 Å². The van der Waals surface area contributed by atoms with E-state index in [2.05, 4.69) is 29.6 Å². The van der Waals surface area contributed by atoms with Crippen molar-refractivity contribution in [2.45, 2.75) is 38.3 Å². The summed E-state index contributed by atoms with van der Waals surface area (Å²) >= 11 is 0. The fraction of sp³-hybridized carbons (Fsp3) is 0.412. The first-order valence-electron chi connectivity index (χ1n) is 7.46. The maximum Gasteiger partial charge on any atom is 0.125 e. The number of ether oxygens (including phenoxy) is 1. The fourth-order valence-electron chi connectivity index (χ4n) is 2.79. The highest BCUT2D eigenvalue weighted by Gasteiger charge is 2.21. The zero-order chi connectivity index (χ0) is 13.4. The van der Waals surface area contributed by atoms with E-state index in [1.54, 1.807) is 6.26 Å². The quantitative estimate of drug-likeness (QED) is 0.922. The van der Waals surface area contributed by atoms with Crippen LogP contribution < -0.4 is 10.1 Å². The highest BCUT2D eigenvalue weighted by Crippen LogP contribution is 2.32. The number of rotatable bonds is 4. The van der Waals surface area contributed by atoms with E-state index < -0.39 is 0 Å². The minimum Gasteiger partial charge on any atom is -0.493 e. The molecule has 4 rings (SSSR count). The molecule has 1 aliphatic heterocycles. The summed E-state index contributed by atoms with van der Waals surface area (Å²) in [5.74, 6) is 2.08. The molecule has 0 radical (unpaired) electrons. The SMILES string of the molecule is c1cc(-c2ccc3c(c2)CCCO3)c(CNC2CC2)o1. The van der Waals surface area contributed by atoms with Gasteiger partial charge in [-0.3, -0.25) is 0 Å². The van der Waals surface area contributed by atoms with Crippen LogP contribution in [0.4, 0.5) is 0 Å². The molecule has 0 bridgehead atoms. The molecule has 1 aromatic heterocycles. The molecule has 3 heteroatoms. The molecule has 1 fully saturated rings. The summed E-state index contributed by atoms with van der Waals surface area (Å²) in [5, 5.41) is 3.51. The number of hydrogen-bond donors (Lipinski definition) is 1. The molecular weight excluding hydrogens is 250 g/mol. The lowest BCUT2D eigenvalue weighted by Crippen LogP contribution is -2.15. The highest BCUT2D eigenvalue weighted by molar-refractivity contribution is 5.67. The van der Waals surface area contributed by atoms with Crippen LogP contribution in [0.3, 0.4) is 0 Å². The maximum atomic E-state index is 5.68. The van der Waals surface area contributed by atoms with Crippen molar-refractivity contribution in [1.29, 1.82) is 0 Å². The average molecular weight is 269 g/mol. The molecule has 0 unspecified atom stereocenters. The van der Waals surface area contributed by atoms with Crippen molar-refractivity contribution in [1.82, 2.24) is 5.32 Å². The molecule has 2 aromatic rings. The average Bonchev–Trinajstić information content (AvgIpc) is 3.21. The van der Waals surface area contributed by atoms with Crippen molar-refractivity contribution >= 4 is 0 Å². The topological polar surface area (TPSA) is 34.4 Å². The van der Waals surface area contributed by atoms with Crippen LogP contribution in [0.5, 0.6) is 5.75 Å². The van der Waals surface area contributed by atoms with E-state index in [-0.39, 0.29) is 0 Å². The standard InChI is InChI=1S/C17H19NO2/c1-2-13-10-12(3-6-16(13)19-8-1)15-7-9-20-17(15)11-18-14-4-5-14/h3,6-7,9-10,14,18H,1-2,4-5,8,11H2. The Morgan fingerprint density at radius 1 is 1.20 bits per heavy atom. The zero-order valence-corrected chi connectivity index (χ0v) is 11.5. The van der Waals surface area contributed by atoms with Crippen molar-refractivity contribution < 1.29 is 9.15 Å². The van der Waals surface area contributed by atoms with Gasteiger partial charge in [-0.15, -0.1) is 0 Å². The summed E-state index contributed by atoms with van der Waals surface area (Å²) in [5.41, 5.74) is 3.75. The third kappa shape index (κ3) is 2.34. The fourth-order valence-corrected chi connectivity index (χ4v) is 2.79. The van der Waals surface area contributed by atoms with Crippen LogP contribution in [-0.4, -0.2) is 12.6 Å². The molecule has 1 aromatic carbocycles. The Hall–Kier alpha value is -1.74. The van der Waals surface area contributed by atoms with Crippen molar-refractivity contribution in [2.24, 2.45) is 0 Å². The Labute approximate surface area is 118 Å². The Morgan fingerprint density at radius 2 is 2.15 bits per heavy atom. The summed E-state index contributed by atoms with van der Waals surface area (Å²) in [6.45, 7) is 1.66. The molecule has 0 atom stereocenters. The van der Waals surface area contributed by atoms with Crippen LogP contribution in [-0.2, 0) is 13.0 Å². The molecule has 0 spiro atoms. The van der Waals surface area contributed by atoms with Crippen LogP contribution in [0.2, 0.25) is 0 Å². The van der Waals surface area contributed by atoms with Gasteiger partial charge in [0, 0.05) is 11.6 Å².